The average Bonchev–Trinajstić information content (AvgIpc) is 2.54. The molecule has 0 fully saturated rings. The minimum absolute atomic E-state index is 0.0614. The molecule has 0 spiro atoms. The van der Waals surface area contributed by atoms with E-state index in [1.165, 1.54) is 0 Å². The molecule has 0 aliphatic heterocycles. The molecule has 1 unspecified atom stereocenters. The summed E-state index contributed by atoms with van der Waals surface area (Å²) >= 11 is 6.26. The number of rotatable bonds is 5. The topological polar surface area (TPSA) is 49.3 Å². The molecule has 1 atom stereocenters. The third-order valence-corrected chi connectivity index (χ3v) is 3.92. The van der Waals surface area contributed by atoms with Gasteiger partial charge in [0.05, 0.1) is 18.3 Å². The molecule has 1 aromatic heterocycles. The Balaban J connectivity index is 2.10. The molecule has 1 aromatic carbocycles. The summed E-state index contributed by atoms with van der Waals surface area (Å²) in [6.07, 6.45) is 1.80. The Morgan fingerprint density at radius 1 is 1.26 bits per heavy atom. The fourth-order valence-corrected chi connectivity index (χ4v) is 2.57. The molecular weight excluding hydrogens is 308 g/mol. The fourth-order valence-electron chi connectivity index (χ4n) is 2.27. The number of benzene rings is 1. The van der Waals surface area contributed by atoms with E-state index in [4.69, 9.17) is 11.6 Å². The highest BCUT2D eigenvalue weighted by molar-refractivity contribution is 6.31. The number of pyridine rings is 1. The molecule has 0 bridgehead atoms. The Labute approximate surface area is 143 Å². The van der Waals surface area contributed by atoms with E-state index in [9.17, 15) is 0 Å². The van der Waals surface area contributed by atoms with Crippen molar-refractivity contribution in [2.45, 2.75) is 33.4 Å². The van der Waals surface area contributed by atoms with Crippen LogP contribution in [0.4, 0.5) is 0 Å². The molecule has 0 saturated heterocycles. The van der Waals surface area contributed by atoms with Crippen LogP contribution in [-0.2, 0) is 6.54 Å². The highest BCUT2D eigenvalue weighted by Crippen LogP contribution is 2.21. The predicted molar refractivity (Wildman–Crippen MR) is 96.8 cm³/mol. The number of nitrogens with zero attached hydrogens (tertiary/aromatic N) is 2. The van der Waals surface area contributed by atoms with Gasteiger partial charge >= 0.3 is 0 Å². The number of aryl methyl sites for hydroxylation is 1. The number of aromatic nitrogens is 1. The van der Waals surface area contributed by atoms with Gasteiger partial charge in [0.2, 0.25) is 0 Å². The van der Waals surface area contributed by atoms with E-state index in [1.807, 2.05) is 50.2 Å². The average molecular weight is 331 g/mol. The quantitative estimate of drug-likeness (QED) is 0.646. The van der Waals surface area contributed by atoms with Crippen LogP contribution < -0.4 is 10.6 Å². The molecule has 2 aromatic rings. The predicted octanol–water partition coefficient (Wildman–Crippen LogP) is 3.86. The van der Waals surface area contributed by atoms with Crippen LogP contribution in [0.15, 0.2) is 47.6 Å². The van der Waals surface area contributed by atoms with Crippen molar-refractivity contribution in [3.63, 3.8) is 0 Å². The summed E-state index contributed by atoms with van der Waals surface area (Å²) in [4.78, 5) is 9.01. The molecule has 1 heterocycles. The molecule has 122 valence electrons. The number of halogens is 1. The van der Waals surface area contributed by atoms with Crippen molar-refractivity contribution < 1.29 is 0 Å². The first-order valence-corrected chi connectivity index (χ1v) is 8.19. The van der Waals surface area contributed by atoms with Crippen LogP contribution in [0.2, 0.25) is 5.02 Å². The lowest BCUT2D eigenvalue weighted by Crippen LogP contribution is -2.38. The van der Waals surface area contributed by atoms with Crippen molar-refractivity contribution in [1.29, 1.82) is 0 Å². The van der Waals surface area contributed by atoms with E-state index in [0.29, 0.717) is 6.54 Å². The Bertz CT molecular complexity index is 670. The van der Waals surface area contributed by atoms with Crippen molar-refractivity contribution >= 4 is 17.6 Å². The molecular formula is C18H23ClN4. The maximum atomic E-state index is 6.26. The third kappa shape index (κ3) is 4.96. The summed E-state index contributed by atoms with van der Waals surface area (Å²) in [6.45, 7) is 7.49. The van der Waals surface area contributed by atoms with Crippen LogP contribution in [0.1, 0.15) is 36.7 Å². The fraction of sp³-hybridized carbons (Fsp3) is 0.333. The molecule has 2 rings (SSSR count). The minimum atomic E-state index is 0.0614. The summed E-state index contributed by atoms with van der Waals surface area (Å²) in [5.74, 6) is 0.755. The van der Waals surface area contributed by atoms with Crippen LogP contribution in [0.3, 0.4) is 0 Å². The van der Waals surface area contributed by atoms with Gasteiger partial charge in [0.25, 0.3) is 0 Å². The van der Waals surface area contributed by atoms with Crippen LogP contribution in [0, 0.1) is 6.92 Å². The minimum Gasteiger partial charge on any atom is -0.357 e. The van der Waals surface area contributed by atoms with Gasteiger partial charge in [0.15, 0.2) is 5.96 Å². The highest BCUT2D eigenvalue weighted by Gasteiger charge is 2.10. The lowest BCUT2D eigenvalue weighted by Gasteiger charge is -2.19. The molecule has 0 radical (unpaired) electrons. The molecule has 0 amide bonds. The number of nitrogens with one attached hydrogen (secondary N) is 2. The zero-order valence-electron chi connectivity index (χ0n) is 13.8. The third-order valence-electron chi connectivity index (χ3n) is 3.57. The second kappa shape index (κ2) is 8.53. The van der Waals surface area contributed by atoms with Gasteiger partial charge in [0, 0.05) is 17.8 Å². The Morgan fingerprint density at radius 2 is 2.04 bits per heavy atom. The van der Waals surface area contributed by atoms with E-state index in [-0.39, 0.29) is 6.04 Å². The largest absolute Gasteiger partial charge is 0.357 e. The summed E-state index contributed by atoms with van der Waals surface area (Å²) in [7, 11) is 0. The maximum Gasteiger partial charge on any atom is 0.192 e. The van der Waals surface area contributed by atoms with E-state index < -0.39 is 0 Å². The van der Waals surface area contributed by atoms with Gasteiger partial charge in [-0.25, -0.2) is 4.99 Å². The van der Waals surface area contributed by atoms with Gasteiger partial charge in [-0.2, -0.15) is 0 Å². The van der Waals surface area contributed by atoms with Crippen LogP contribution >= 0.6 is 11.6 Å². The van der Waals surface area contributed by atoms with Crippen molar-refractivity contribution in [1.82, 2.24) is 15.6 Å². The van der Waals surface area contributed by atoms with Crippen molar-refractivity contribution in [2.24, 2.45) is 4.99 Å². The lowest BCUT2D eigenvalue weighted by molar-refractivity contribution is 0.685. The van der Waals surface area contributed by atoms with Crippen molar-refractivity contribution in [3.8, 4) is 0 Å². The highest BCUT2D eigenvalue weighted by atomic mass is 35.5. The Kier molecular flexibility index (Phi) is 6.41. The lowest BCUT2D eigenvalue weighted by atomic mass is 10.1. The zero-order valence-corrected chi connectivity index (χ0v) is 14.6. The van der Waals surface area contributed by atoms with E-state index >= 15 is 0 Å². The molecule has 0 aliphatic rings. The molecule has 0 aliphatic carbocycles. The van der Waals surface area contributed by atoms with Crippen LogP contribution in [0.5, 0.6) is 0 Å². The molecule has 23 heavy (non-hydrogen) atoms. The van der Waals surface area contributed by atoms with E-state index in [1.54, 1.807) is 6.20 Å². The number of aliphatic imine (C=N–C) groups is 1. The van der Waals surface area contributed by atoms with Gasteiger partial charge in [-0.05, 0) is 44.0 Å². The summed E-state index contributed by atoms with van der Waals surface area (Å²) in [5, 5.41) is 7.41. The van der Waals surface area contributed by atoms with Gasteiger partial charge in [-0.3, -0.25) is 4.98 Å². The van der Waals surface area contributed by atoms with Crippen LogP contribution in [-0.4, -0.2) is 17.5 Å². The molecule has 0 saturated carbocycles. The monoisotopic (exact) mass is 330 g/mol. The van der Waals surface area contributed by atoms with Crippen molar-refractivity contribution in [3.05, 3.63) is 64.4 Å². The zero-order chi connectivity index (χ0) is 16.7. The first-order chi connectivity index (χ1) is 11.1. The summed E-state index contributed by atoms with van der Waals surface area (Å²) < 4.78 is 0. The number of guanidine groups is 1. The van der Waals surface area contributed by atoms with Gasteiger partial charge in [-0.15, -0.1) is 0 Å². The number of hydrogen-bond acceptors (Lipinski definition) is 2. The van der Waals surface area contributed by atoms with Gasteiger partial charge < -0.3 is 10.6 Å². The first-order valence-electron chi connectivity index (χ1n) is 7.81. The van der Waals surface area contributed by atoms with E-state index in [2.05, 4.69) is 27.5 Å². The first kappa shape index (κ1) is 17.3. The van der Waals surface area contributed by atoms with E-state index in [0.717, 1.165) is 34.3 Å². The normalized spacial score (nSPS) is 12.8. The molecule has 2 N–H and O–H groups in total. The van der Waals surface area contributed by atoms with Gasteiger partial charge in [0.1, 0.15) is 0 Å². The van der Waals surface area contributed by atoms with Gasteiger partial charge in [-0.1, -0.05) is 35.9 Å². The van der Waals surface area contributed by atoms with Crippen LogP contribution in [0.25, 0.3) is 0 Å². The SMILES string of the molecule is CCNC(=NCc1ncccc1C)NC(C)c1ccccc1Cl. The second-order valence-electron chi connectivity index (χ2n) is 5.35. The standard InChI is InChI=1S/C18H23ClN4/c1-4-20-18(22-12-17-13(2)8-7-11-21-17)23-14(3)15-9-5-6-10-16(15)19/h5-11,14H,4,12H2,1-3H3,(H2,20,22,23). The second-order valence-corrected chi connectivity index (χ2v) is 5.76. The summed E-state index contributed by atoms with van der Waals surface area (Å²) in [6, 6.07) is 11.9. The smallest absolute Gasteiger partial charge is 0.192 e. The maximum absolute atomic E-state index is 6.26. The number of hydrogen-bond donors (Lipinski definition) is 2. The Morgan fingerprint density at radius 3 is 2.74 bits per heavy atom. The summed E-state index contributed by atoms with van der Waals surface area (Å²) in [5.41, 5.74) is 3.18. The molecule has 5 heteroatoms. The molecule has 4 nitrogen and oxygen atoms in total. The van der Waals surface area contributed by atoms with Crippen molar-refractivity contribution in [2.75, 3.05) is 6.54 Å². The Hall–Kier alpha value is -2.07.